The van der Waals surface area contributed by atoms with E-state index in [2.05, 4.69) is 27.3 Å². The molecule has 0 radical (unpaired) electrons. The molecule has 3 atom stereocenters. The normalized spacial score (nSPS) is 29.6. The highest BCUT2D eigenvalue weighted by molar-refractivity contribution is 9.10. The molecule has 1 N–H and O–H groups in total. The van der Waals surface area contributed by atoms with Gasteiger partial charge in [0.2, 0.25) is 0 Å². The van der Waals surface area contributed by atoms with Crippen LogP contribution in [0.4, 0.5) is 5.69 Å². The van der Waals surface area contributed by atoms with Gasteiger partial charge in [-0.1, -0.05) is 6.42 Å². The second-order valence-electron chi connectivity index (χ2n) is 5.66. The summed E-state index contributed by atoms with van der Waals surface area (Å²) in [6.07, 6.45) is 5.84. The average Bonchev–Trinajstić information content (AvgIpc) is 3.00. The zero-order valence-electron chi connectivity index (χ0n) is 10.8. The van der Waals surface area contributed by atoms with Crippen molar-refractivity contribution in [1.82, 2.24) is 0 Å². The molecule has 0 saturated heterocycles. The highest BCUT2D eigenvalue weighted by Gasteiger charge is 2.39. The third-order valence-electron chi connectivity index (χ3n) is 4.61. The van der Waals surface area contributed by atoms with Crippen LogP contribution in [-0.4, -0.2) is 13.7 Å². The first kappa shape index (κ1) is 12.3. The lowest BCUT2D eigenvalue weighted by Crippen LogP contribution is -2.20. The van der Waals surface area contributed by atoms with Crippen molar-refractivity contribution in [2.45, 2.75) is 25.7 Å². The zero-order valence-corrected chi connectivity index (χ0v) is 12.4. The van der Waals surface area contributed by atoms with Gasteiger partial charge in [0.1, 0.15) is 5.75 Å². The highest BCUT2D eigenvalue weighted by Crippen LogP contribution is 2.48. The Labute approximate surface area is 117 Å². The summed E-state index contributed by atoms with van der Waals surface area (Å²) in [4.78, 5) is 0. The number of ether oxygens (including phenoxy) is 1. The molecule has 1 aromatic carbocycles. The van der Waals surface area contributed by atoms with Crippen LogP contribution in [0.1, 0.15) is 25.7 Å². The Balaban J connectivity index is 1.62. The lowest BCUT2D eigenvalue weighted by Gasteiger charge is -2.22. The summed E-state index contributed by atoms with van der Waals surface area (Å²) >= 11 is 3.59. The molecule has 0 aliphatic heterocycles. The summed E-state index contributed by atoms with van der Waals surface area (Å²) in [5.74, 6) is 3.79. The number of hydrogen-bond acceptors (Lipinski definition) is 2. The van der Waals surface area contributed by atoms with Gasteiger partial charge < -0.3 is 10.1 Å². The van der Waals surface area contributed by atoms with Crippen LogP contribution in [0, 0.1) is 17.8 Å². The molecule has 1 aromatic rings. The Morgan fingerprint density at radius 1 is 1.33 bits per heavy atom. The summed E-state index contributed by atoms with van der Waals surface area (Å²) in [6.45, 7) is 1.10. The molecule has 0 spiro atoms. The minimum Gasteiger partial charge on any atom is -0.497 e. The molecule has 98 valence electrons. The maximum atomic E-state index is 5.27. The standard InChI is InChI=1S/C15H20BrNO/c1-18-13-4-5-14(16)15(8-13)17-9-12-7-10-2-3-11(12)6-10/h4-5,8,10-12,17H,2-3,6-7,9H2,1H3. The van der Waals surface area contributed by atoms with Crippen molar-refractivity contribution in [2.75, 3.05) is 19.0 Å². The van der Waals surface area contributed by atoms with Crippen LogP contribution in [0.2, 0.25) is 0 Å². The Morgan fingerprint density at radius 2 is 2.22 bits per heavy atom. The van der Waals surface area contributed by atoms with Gasteiger partial charge >= 0.3 is 0 Å². The number of fused-ring (bicyclic) bond motifs is 2. The van der Waals surface area contributed by atoms with E-state index in [-0.39, 0.29) is 0 Å². The van der Waals surface area contributed by atoms with Crippen LogP contribution in [0.5, 0.6) is 5.75 Å². The molecule has 2 bridgehead atoms. The summed E-state index contributed by atoms with van der Waals surface area (Å²) < 4.78 is 6.39. The van der Waals surface area contributed by atoms with Crippen molar-refractivity contribution in [1.29, 1.82) is 0 Å². The minimum atomic E-state index is 0.877. The van der Waals surface area contributed by atoms with Gasteiger partial charge in [0.25, 0.3) is 0 Å². The Hall–Kier alpha value is -0.700. The number of rotatable bonds is 4. The van der Waals surface area contributed by atoms with Crippen molar-refractivity contribution < 1.29 is 4.74 Å². The molecule has 2 saturated carbocycles. The van der Waals surface area contributed by atoms with Gasteiger partial charge in [-0.05, 0) is 65.1 Å². The van der Waals surface area contributed by atoms with Gasteiger partial charge in [-0.2, -0.15) is 0 Å². The summed E-state index contributed by atoms with van der Waals surface area (Å²) in [5, 5.41) is 3.59. The second-order valence-corrected chi connectivity index (χ2v) is 6.52. The Bertz CT molecular complexity index is 435. The predicted molar refractivity (Wildman–Crippen MR) is 78.1 cm³/mol. The van der Waals surface area contributed by atoms with Crippen molar-refractivity contribution in [3.05, 3.63) is 22.7 Å². The Morgan fingerprint density at radius 3 is 2.89 bits per heavy atom. The third kappa shape index (κ3) is 2.37. The van der Waals surface area contributed by atoms with Crippen LogP contribution < -0.4 is 10.1 Å². The van der Waals surface area contributed by atoms with E-state index in [0.29, 0.717) is 0 Å². The zero-order chi connectivity index (χ0) is 12.5. The third-order valence-corrected chi connectivity index (χ3v) is 5.30. The quantitative estimate of drug-likeness (QED) is 0.895. The van der Waals surface area contributed by atoms with Crippen LogP contribution in [0.25, 0.3) is 0 Å². The molecular weight excluding hydrogens is 290 g/mol. The number of methoxy groups -OCH3 is 1. The molecule has 2 fully saturated rings. The molecule has 18 heavy (non-hydrogen) atoms. The summed E-state index contributed by atoms with van der Waals surface area (Å²) in [5.41, 5.74) is 1.15. The van der Waals surface area contributed by atoms with E-state index < -0.39 is 0 Å². The lowest BCUT2D eigenvalue weighted by atomic mass is 9.89. The van der Waals surface area contributed by atoms with Gasteiger partial charge in [0.05, 0.1) is 12.8 Å². The summed E-state index contributed by atoms with van der Waals surface area (Å²) in [7, 11) is 1.71. The molecular formula is C15H20BrNO. The number of halogens is 1. The molecule has 3 rings (SSSR count). The number of nitrogens with one attached hydrogen (secondary N) is 1. The smallest absolute Gasteiger partial charge is 0.121 e. The minimum absolute atomic E-state index is 0.877. The number of anilines is 1. The first-order chi connectivity index (χ1) is 8.76. The van der Waals surface area contributed by atoms with Crippen molar-refractivity contribution >= 4 is 21.6 Å². The SMILES string of the molecule is COc1ccc(Br)c(NCC2CC3CCC2C3)c1. The molecule has 3 heteroatoms. The first-order valence-corrected chi connectivity index (χ1v) is 7.63. The predicted octanol–water partition coefficient (Wildman–Crippen LogP) is 4.31. The van der Waals surface area contributed by atoms with Gasteiger partial charge in [-0.3, -0.25) is 0 Å². The number of benzene rings is 1. The average molecular weight is 310 g/mol. The Kier molecular flexibility index (Phi) is 3.51. The van der Waals surface area contributed by atoms with E-state index in [1.807, 2.05) is 12.1 Å². The van der Waals surface area contributed by atoms with Gasteiger partial charge in [0, 0.05) is 17.1 Å². The molecule has 2 nitrogen and oxygen atoms in total. The van der Waals surface area contributed by atoms with Crippen LogP contribution in [-0.2, 0) is 0 Å². The van der Waals surface area contributed by atoms with Crippen LogP contribution in [0.15, 0.2) is 22.7 Å². The monoisotopic (exact) mass is 309 g/mol. The van der Waals surface area contributed by atoms with E-state index in [0.717, 1.165) is 40.2 Å². The molecule has 0 heterocycles. The maximum absolute atomic E-state index is 5.27. The van der Waals surface area contributed by atoms with Crippen molar-refractivity contribution in [2.24, 2.45) is 17.8 Å². The fourth-order valence-electron chi connectivity index (χ4n) is 3.63. The lowest BCUT2D eigenvalue weighted by molar-refractivity contribution is 0.348. The van der Waals surface area contributed by atoms with Gasteiger partial charge in [0.15, 0.2) is 0 Å². The van der Waals surface area contributed by atoms with E-state index in [1.54, 1.807) is 7.11 Å². The van der Waals surface area contributed by atoms with Crippen LogP contribution >= 0.6 is 15.9 Å². The van der Waals surface area contributed by atoms with Crippen LogP contribution in [0.3, 0.4) is 0 Å². The van der Waals surface area contributed by atoms with Crippen molar-refractivity contribution in [3.8, 4) is 5.75 Å². The van der Waals surface area contributed by atoms with Gasteiger partial charge in [-0.25, -0.2) is 0 Å². The molecule has 3 unspecified atom stereocenters. The molecule has 2 aliphatic carbocycles. The largest absolute Gasteiger partial charge is 0.497 e. The van der Waals surface area contributed by atoms with Gasteiger partial charge in [-0.15, -0.1) is 0 Å². The molecule has 2 aliphatic rings. The maximum Gasteiger partial charge on any atom is 0.121 e. The summed E-state index contributed by atoms with van der Waals surface area (Å²) in [6, 6.07) is 6.09. The van der Waals surface area contributed by atoms with E-state index in [4.69, 9.17) is 4.74 Å². The van der Waals surface area contributed by atoms with E-state index >= 15 is 0 Å². The van der Waals surface area contributed by atoms with E-state index in [9.17, 15) is 0 Å². The topological polar surface area (TPSA) is 21.3 Å². The first-order valence-electron chi connectivity index (χ1n) is 6.83. The molecule has 0 amide bonds. The second kappa shape index (κ2) is 5.12. The fraction of sp³-hybridized carbons (Fsp3) is 0.600. The highest BCUT2D eigenvalue weighted by atomic mass is 79.9. The van der Waals surface area contributed by atoms with E-state index in [1.165, 1.54) is 25.7 Å². The van der Waals surface area contributed by atoms with Crippen molar-refractivity contribution in [3.63, 3.8) is 0 Å². The number of hydrogen-bond donors (Lipinski definition) is 1. The fourth-order valence-corrected chi connectivity index (χ4v) is 4.02. The molecule has 0 aromatic heterocycles.